The van der Waals surface area contributed by atoms with Crippen molar-refractivity contribution in [2.45, 2.75) is 26.9 Å². The van der Waals surface area contributed by atoms with Gasteiger partial charge in [-0.05, 0) is 54.8 Å². The molecule has 3 aromatic rings. The molecule has 0 atom stereocenters. The van der Waals surface area contributed by atoms with Gasteiger partial charge in [0, 0.05) is 25.5 Å². The van der Waals surface area contributed by atoms with Crippen molar-refractivity contribution in [3.8, 4) is 5.69 Å². The van der Waals surface area contributed by atoms with Crippen molar-refractivity contribution in [1.82, 2.24) is 20.4 Å². The Balaban J connectivity index is 0.00000280. The van der Waals surface area contributed by atoms with Gasteiger partial charge in [0.05, 0.1) is 12.2 Å². The van der Waals surface area contributed by atoms with E-state index in [-0.39, 0.29) is 29.8 Å². The van der Waals surface area contributed by atoms with Crippen LogP contribution in [-0.2, 0) is 13.1 Å². The second-order valence-electron chi connectivity index (χ2n) is 6.25. The normalized spacial score (nSPS) is 11.0. The van der Waals surface area contributed by atoms with E-state index in [0.29, 0.717) is 18.7 Å². The summed E-state index contributed by atoms with van der Waals surface area (Å²) in [6.07, 6.45) is 3.67. The second kappa shape index (κ2) is 10.8. The van der Waals surface area contributed by atoms with Gasteiger partial charge in [0.1, 0.15) is 5.82 Å². The highest BCUT2D eigenvalue weighted by atomic mass is 127. The molecule has 5 nitrogen and oxygen atoms in total. The molecule has 0 amide bonds. The van der Waals surface area contributed by atoms with Crippen LogP contribution >= 0.6 is 24.0 Å². The van der Waals surface area contributed by atoms with Gasteiger partial charge in [-0.3, -0.25) is 0 Å². The Labute approximate surface area is 182 Å². The highest BCUT2D eigenvalue weighted by Gasteiger charge is 2.03. The molecule has 3 rings (SSSR count). The SMILES string of the molecule is CCNC(=NCc1cccc(-n2cccn2)c1)NCc1ccc(F)c(C)c1.I. The zero-order valence-corrected chi connectivity index (χ0v) is 18.4. The molecule has 0 saturated heterocycles. The molecule has 0 spiro atoms. The standard InChI is InChI=1S/C21H24FN5.HI/c1-3-23-21(25-15-18-8-9-20(22)16(2)12-18)24-14-17-6-4-7-19(13-17)27-11-5-10-26-27;/h4-13H,3,14-15H2,1-2H3,(H2,23,24,25);1H. The number of nitrogens with one attached hydrogen (secondary N) is 2. The minimum Gasteiger partial charge on any atom is -0.357 e. The summed E-state index contributed by atoms with van der Waals surface area (Å²) in [6, 6.07) is 15.2. The largest absolute Gasteiger partial charge is 0.357 e. The molecule has 2 aromatic carbocycles. The van der Waals surface area contributed by atoms with Crippen LogP contribution in [0.2, 0.25) is 0 Å². The van der Waals surface area contributed by atoms with Crippen LogP contribution in [0, 0.1) is 12.7 Å². The highest BCUT2D eigenvalue weighted by Crippen LogP contribution is 2.11. The monoisotopic (exact) mass is 493 g/mol. The first-order chi connectivity index (χ1) is 13.2. The van der Waals surface area contributed by atoms with E-state index in [1.54, 1.807) is 19.2 Å². The summed E-state index contributed by atoms with van der Waals surface area (Å²) in [5.41, 5.74) is 3.76. The number of rotatable bonds is 6. The van der Waals surface area contributed by atoms with Crippen LogP contribution < -0.4 is 10.6 Å². The maximum Gasteiger partial charge on any atom is 0.191 e. The maximum absolute atomic E-state index is 13.4. The first-order valence-electron chi connectivity index (χ1n) is 9.02. The predicted molar refractivity (Wildman–Crippen MR) is 122 cm³/mol. The lowest BCUT2D eigenvalue weighted by atomic mass is 10.1. The van der Waals surface area contributed by atoms with Gasteiger partial charge in [0.2, 0.25) is 0 Å². The molecule has 2 N–H and O–H groups in total. The minimum absolute atomic E-state index is 0. The number of guanidine groups is 1. The Morgan fingerprint density at radius 2 is 1.96 bits per heavy atom. The Hall–Kier alpha value is -2.42. The van der Waals surface area contributed by atoms with E-state index in [1.807, 2.05) is 48.1 Å². The average molecular weight is 493 g/mol. The van der Waals surface area contributed by atoms with Crippen molar-refractivity contribution in [3.05, 3.63) is 83.4 Å². The molecule has 0 bridgehead atoms. The zero-order valence-electron chi connectivity index (χ0n) is 16.0. The van der Waals surface area contributed by atoms with Gasteiger partial charge in [0.25, 0.3) is 0 Å². The number of halogens is 2. The Bertz CT molecular complexity index is 909. The third-order valence-corrected chi connectivity index (χ3v) is 4.13. The van der Waals surface area contributed by atoms with E-state index in [4.69, 9.17) is 0 Å². The number of aromatic nitrogens is 2. The summed E-state index contributed by atoms with van der Waals surface area (Å²) in [5, 5.41) is 10.8. The van der Waals surface area contributed by atoms with Gasteiger partial charge < -0.3 is 10.6 Å². The molecule has 0 saturated carbocycles. The van der Waals surface area contributed by atoms with Gasteiger partial charge in [-0.1, -0.05) is 24.3 Å². The van der Waals surface area contributed by atoms with Crippen molar-refractivity contribution in [3.63, 3.8) is 0 Å². The Morgan fingerprint density at radius 1 is 1.11 bits per heavy atom. The Kier molecular flexibility index (Phi) is 8.43. The third kappa shape index (κ3) is 6.05. The van der Waals surface area contributed by atoms with E-state index in [0.717, 1.165) is 29.3 Å². The van der Waals surface area contributed by atoms with Gasteiger partial charge in [-0.2, -0.15) is 5.10 Å². The topological polar surface area (TPSA) is 54.2 Å². The molecule has 0 aliphatic carbocycles. The summed E-state index contributed by atoms with van der Waals surface area (Å²) in [7, 11) is 0. The number of benzene rings is 2. The first-order valence-corrected chi connectivity index (χ1v) is 9.02. The number of aryl methyl sites for hydroxylation is 1. The lowest BCUT2D eigenvalue weighted by Crippen LogP contribution is -2.36. The molecule has 0 aliphatic rings. The van der Waals surface area contributed by atoms with Gasteiger partial charge in [-0.25, -0.2) is 14.1 Å². The fourth-order valence-electron chi connectivity index (χ4n) is 2.73. The van der Waals surface area contributed by atoms with Crippen LogP contribution in [0.15, 0.2) is 65.9 Å². The highest BCUT2D eigenvalue weighted by molar-refractivity contribution is 14.0. The molecule has 148 valence electrons. The molecule has 1 aromatic heterocycles. The molecule has 0 unspecified atom stereocenters. The molecule has 0 radical (unpaired) electrons. The van der Waals surface area contributed by atoms with E-state index < -0.39 is 0 Å². The second-order valence-corrected chi connectivity index (χ2v) is 6.25. The van der Waals surface area contributed by atoms with Gasteiger partial charge in [-0.15, -0.1) is 24.0 Å². The molecule has 28 heavy (non-hydrogen) atoms. The number of nitrogens with zero attached hydrogens (tertiary/aromatic N) is 3. The lowest BCUT2D eigenvalue weighted by Gasteiger charge is -2.12. The van der Waals surface area contributed by atoms with E-state index in [9.17, 15) is 4.39 Å². The number of hydrogen-bond acceptors (Lipinski definition) is 2. The van der Waals surface area contributed by atoms with Crippen LogP contribution in [0.3, 0.4) is 0 Å². The molecular weight excluding hydrogens is 468 g/mol. The van der Waals surface area contributed by atoms with Crippen LogP contribution in [0.4, 0.5) is 4.39 Å². The van der Waals surface area contributed by atoms with Gasteiger partial charge >= 0.3 is 0 Å². The van der Waals surface area contributed by atoms with Gasteiger partial charge in [0.15, 0.2) is 5.96 Å². The van der Waals surface area contributed by atoms with Crippen LogP contribution in [0.1, 0.15) is 23.6 Å². The van der Waals surface area contributed by atoms with Crippen molar-refractivity contribution in [2.75, 3.05) is 6.54 Å². The van der Waals surface area contributed by atoms with Crippen LogP contribution in [0.5, 0.6) is 0 Å². The summed E-state index contributed by atoms with van der Waals surface area (Å²) in [5.74, 6) is 0.542. The summed E-state index contributed by atoms with van der Waals surface area (Å²) in [4.78, 5) is 4.65. The smallest absolute Gasteiger partial charge is 0.191 e. The first kappa shape index (κ1) is 21.9. The summed E-state index contributed by atoms with van der Waals surface area (Å²) < 4.78 is 15.2. The Morgan fingerprint density at radius 3 is 2.68 bits per heavy atom. The minimum atomic E-state index is -0.184. The summed E-state index contributed by atoms with van der Waals surface area (Å²) in [6.45, 7) is 5.69. The quantitative estimate of drug-likeness (QED) is 0.308. The molecule has 0 fully saturated rings. The third-order valence-electron chi connectivity index (χ3n) is 4.13. The van der Waals surface area contributed by atoms with E-state index >= 15 is 0 Å². The maximum atomic E-state index is 13.4. The van der Waals surface area contributed by atoms with Crippen molar-refractivity contribution in [1.29, 1.82) is 0 Å². The average Bonchev–Trinajstić information content (AvgIpc) is 3.22. The zero-order chi connectivity index (χ0) is 19.1. The molecule has 0 aliphatic heterocycles. The van der Waals surface area contributed by atoms with E-state index in [1.165, 1.54) is 6.07 Å². The van der Waals surface area contributed by atoms with Crippen molar-refractivity contribution >= 4 is 29.9 Å². The lowest BCUT2D eigenvalue weighted by molar-refractivity contribution is 0.617. The molecular formula is C21H25FIN5. The fraction of sp³-hybridized carbons (Fsp3) is 0.238. The van der Waals surface area contributed by atoms with Crippen molar-refractivity contribution in [2.24, 2.45) is 4.99 Å². The molecule has 7 heteroatoms. The van der Waals surface area contributed by atoms with E-state index in [2.05, 4.69) is 26.8 Å². The van der Waals surface area contributed by atoms with Crippen LogP contribution in [-0.4, -0.2) is 22.3 Å². The van der Waals surface area contributed by atoms with Crippen LogP contribution in [0.25, 0.3) is 5.69 Å². The number of aliphatic imine (C=N–C) groups is 1. The van der Waals surface area contributed by atoms with Crippen molar-refractivity contribution < 1.29 is 4.39 Å². The fourth-order valence-corrected chi connectivity index (χ4v) is 2.73. The summed E-state index contributed by atoms with van der Waals surface area (Å²) >= 11 is 0. The predicted octanol–water partition coefficient (Wildman–Crippen LogP) is 4.19. The number of hydrogen-bond donors (Lipinski definition) is 2. The molecule has 1 heterocycles.